The number of hydrogen-bond donors (Lipinski definition) is 1. The summed E-state index contributed by atoms with van der Waals surface area (Å²) in [4.78, 5) is 35.2. The summed E-state index contributed by atoms with van der Waals surface area (Å²) in [6.07, 6.45) is 6.31. The number of ether oxygens (including phenoxy) is 1. The second-order valence-electron chi connectivity index (χ2n) is 8.25. The molecule has 0 saturated heterocycles. The lowest BCUT2D eigenvalue weighted by molar-refractivity contribution is -0.384. The van der Waals surface area contributed by atoms with Crippen LogP contribution in [0.4, 0.5) is 11.4 Å². The molecule has 4 aliphatic rings. The second kappa shape index (κ2) is 6.78. The highest BCUT2D eigenvalue weighted by atomic mass is 35.5. The van der Waals surface area contributed by atoms with Gasteiger partial charge in [-0.15, -0.1) is 0 Å². The van der Waals surface area contributed by atoms with E-state index in [9.17, 15) is 19.7 Å². The zero-order valence-electron chi connectivity index (χ0n) is 14.8. The molecule has 0 atom stereocenters. The van der Waals surface area contributed by atoms with Gasteiger partial charge in [0.15, 0.2) is 6.61 Å². The first-order chi connectivity index (χ1) is 12.8. The summed E-state index contributed by atoms with van der Waals surface area (Å²) < 4.78 is 5.35. The fourth-order valence-corrected chi connectivity index (χ4v) is 5.76. The molecule has 8 heteroatoms. The average molecular weight is 393 g/mol. The van der Waals surface area contributed by atoms with E-state index in [1.54, 1.807) is 0 Å². The molecule has 0 spiro atoms. The Kier molecular flexibility index (Phi) is 4.58. The van der Waals surface area contributed by atoms with Crippen LogP contribution in [0.2, 0.25) is 5.02 Å². The van der Waals surface area contributed by atoms with Crippen molar-refractivity contribution in [2.24, 2.45) is 23.2 Å². The Balaban J connectivity index is 1.35. The van der Waals surface area contributed by atoms with Gasteiger partial charge in [-0.05, 0) is 68.4 Å². The van der Waals surface area contributed by atoms with Crippen molar-refractivity contribution in [1.29, 1.82) is 0 Å². The van der Waals surface area contributed by atoms with Crippen LogP contribution in [0.3, 0.4) is 0 Å². The molecule has 1 amide bonds. The summed E-state index contributed by atoms with van der Waals surface area (Å²) in [7, 11) is 0. The number of benzene rings is 1. The molecule has 4 fully saturated rings. The van der Waals surface area contributed by atoms with Crippen LogP contribution in [0.15, 0.2) is 18.2 Å². The highest BCUT2D eigenvalue weighted by molar-refractivity contribution is 6.32. The monoisotopic (exact) mass is 392 g/mol. The lowest BCUT2D eigenvalue weighted by Gasteiger charge is -2.55. The van der Waals surface area contributed by atoms with Crippen LogP contribution < -0.4 is 5.32 Å². The minimum Gasteiger partial charge on any atom is -0.455 e. The van der Waals surface area contributed by atoms with Crippen LogP contribution in [0.5, 0.6) is 0 Å². The van der Waals surface area contributed by atoms with E-state index >= 15 is 0 Å². The van der Waals surface area contributed by atoms with Gasteiger partial charge in [0.25, 0.3) is 11.6 Å². The third-order valence-corrected chi connectivity index (χ3v) is 6.55. The molecular formula is C19H21ClN2O5. The Morgan fingerprint density at radius 1 is 1.19 bits per heavy atom. The smallest absolute Gasteiger partial charge is 0.312 e. The van der Waals surface area contributed by atoms with Crippen LogP contribution in [0.1, 0.15) is 38.5 Å². The van der Waals surface area contributed by atoms with Gasteiger partial charge >= 0.3 is 5.97 Å². The van der Waals surface area contributed by atoms with E-state index in [0.29, 0.717) is 17.8 Å². The first-order valence-corrected chi connectivity index (χ1v) is 9.63. The third-order valence-electron chi connectivity index (χ3n) is 6.23. The van der Waals surface area contributed by atoms with E-state index in [0.717, 1.165) is 19.3 Å². The van der Waals surface area contributed by atoms with Gasteiger partial charge in [-0.25, -0.2) is 0 Å². The number of nitrogens with one attached hydrogen (secondary N) is 1. The molecule has 27 heavy (non-hydrogen) atoms. The summed E-state index contributed by atoms with van der Waals surface area (Å²) in [6.45, 7) is -0.392. The number of nitro benzene ring substituents is 1. The van der Waals surface area contributed by atoms with E-state index in [1.807, 2.05) is 0 Å². The number of nitro groups is 1. The third kappa shape index (κ3) is 3.52. The van der Waals surface area contributed by atoms with Gasteiger partial charge in [0, 0.05) is 11.8 Å². The number of carbonyl (C=O) groups excluding carboxylic acids is 2. The summed E-state index contributed by atoms with van der Waals surface area (Å²) in [5.41, 5.74) is -0.462. The van der Waals surface area contributed by atoms with E-state index in [4.69, 9.17) is 16.3 Å². The Morgan fingerprint density at radius 3 is 2.33 bits per heavy atom. The summed E-state index contributed by atoms with van der Waals surface area (Å²) in [6, 6.07) is 3.99. The van der Waals surface area contributed by atoms with Crippen LogP contribution in [0.25, 0.3) is 0 Å². The second-order valence-corrected chi connectivity index (χ2v) is 8.65. The van der Waals surface area contributed by atoms with Crippen molar-refractivity contribution < 1.29 is 19.2 Å². The molecule has 0 aliphatic heterocycles. The van der Waals surface area contributed by atoms with Crippen molar-refractivity contribution in [3.05, 3.63) is 33.3 Å². The standard InChI is InChI=1S/C19H21ClN2O5/c20-15-2-1-14(6-16(15)22(25)26)21-17(23)10-27-18(24)19-7-11-3-12(8-19)5-13(4-11)9-19/h1-2,6,11-13H,3-5,7-10H2,(H,21,23). The van der Waals surface area contributed by atoms with E-state index in [2.05, 4.69) is 5.32 Å². The lowest BCUT2D eigenvalue weighted by atomic mass is 9.49. The van der Waals surface area contributed by atoms with Gasteiger partial charge in [0.05, 0.1) is 10.3 Å². The minimum absolute atomic E-state index is 0.00811. The number of rotatable bonds is 5. The van der Waals surface area contributed by atoms with Gasteiger partial charge in [-0.1, -0.05) is 11.6 Å². The molecule has 4 bridgehead atoms. The number of anilines is 1. The van der Waals surface area contributed by atoms with Gasteiger partial charge in [-0.2, -0.15) is 0 Å². The largest absolute Gasteiger partial charge is 0.455 e. The zero-order valence-corrected chi connectivity index (χ0v) is 15.5. The molecule has 0 unspecified atom stereocenters. The van der Waals surface area contributed by atoms with Crippen molar-refractivity contribution in [2.75, 3.05) is 11.9 Å². The molecular weight excluding hydrogens is 372 g/mol. The average Bonchev–Trinajstić information content (AvgIpc) is 2.60. The predicted octanol–water partition coefficient (Wildman–Crippen LogP) is 3.95. The predicted molar refractivity (Wildman–Crippen MR) is 98.3 cm³/mol. The molecule has 0 aromatic heterocycles. The van der Waals surface area contributed by atoms with Crippen molar-refractivity contribution in [2.45, 2.75) is 38.5 Å². The lowest BCUT2D eigenvalue weighted by Crippen LogP contribution is -2.50. The summed E-state index contributed by atoms with van der Waals surface area (Å²) in [5.74, 6) is 1.07. The molecule has 7 nitrogen and oxygen atoms in total. The molecule has 0 radical (unpaired) electrons. The quantitative estimate of drug-likeness (QED) is 0.464. The van der Waals surface area contributed by atoms with Gasteiger partial charge in [0.1, 0.15) is 5.02 Å². The fourth-order valence-electron chi connectivity index (χ4n) is 5.57. The first kappa shape index (κ1) is 18.2. The van der Waals surface area contributed by atoms with E-state index in [-0.39, 0.29) is 22.4 Å². The van der Waals surface area contributed by atoms with Gasteiger partial charge < -0.3 is 10.1 Å². The maximum absolute atomic E-state index is 12.7. The highest BCUT2D eigenvalue weighted by Crippen LogP contribution is 2.60. The van der Waals surface area contributed by atoms with Gasteiger partial charge in [0.2, 0.25) is 0 Å². The SMILES string of the molecule is O=C(COC(=O)C12CC3CC(CC(C3)C1)C2)Nc1ccc(Cl)c([N+](=O)[O-])c1. The molecule has 4 aliphatic carbocycles. The number of esters is 1. The summed E-state index contributed by atoms with van der Waals surface area (Å²) >= 11 is 5.76. The number of amides is 1. The fraction of sp³-hybridized carbons (Fsp3) is 0.579. The first-order valence-electron chi connectivity index (χ1n) is 9.26. The van der Waals surface area contributed by atoms with Crippen LogP contribution in [-0.4, -0.2) is 23.4 Å². The van der Waals surface area contributed by atoms with E-state index in [1.165, 1.54) is 37.5 Å². The number of hydrogen-bond acceptors (Lipinski definition) is 5. The number of halogens is 1. The minimum atomic E-state index is -0.620. The number of nitrogens with zero attached hydrogens (tertiary/aromatic N) is 1. The normalized spacial score (nSPS) is 30.8. The molecule has 1 aromatic carbocycles. The Bertz CT molecular complexity index is 774. The molecule has 1 N–H and O–H groups in total. The van der Waals surface area contributed by atoms with Crippen molar-refractivity contribution >= 4 is 34.9 Å². The molecule has 0 heterocycles. The van der Waals surface area contributed by atoms with Gasteiger partial charge in [-0.3, -0.25) is 19.7 Å². The molecule has 4 saturated carbocycles. The maximum Gasteiger partial charge on any atom is 0.312 e. The maximum atomic E-state index is 12.7. The van der Waals surface area contributed by atoms with Crippen LogP contribution >= 0.6 is 11.6 Å². The Morgan fingerprint density at radius 2 is 1.78 bits per heavy atom. The molecule has 144 valence electrons. The Labute approximate surface area is 161 Å². The van der Waals surface area contributed by atoms with Crippen LogP contribution in [0, 0.1) is 33.3 Å². The van der Waals surface area contributed by atoms with Crippen molar-refractivity contribution in [3.8, 4) is 0 Å². The topological polar surface area (TPSA) is 98.5 Å². The number of carbonyl (C=O) groups is 2. The Hall–Kier alpha value is -2.15. The molecule has 5 rings (SSSR count). The van der Waals surface area contributed by atoms with Crippen LogP contribution in [-0.2, 0) is 14.3 Å². The van der Waals surface area contributed by atoms with E-state index < -0.39 is 22.9 Å². The van der Waals surface area contributed by atoms with Crippen molar-refractivity contribution in [3.63, 3.8) is 0 Å². The zero-order chi connectivity index (χ0) is 19.2. The summed E-state index contributed by atoms with van der Waals surface area (Å²) in [5, 5.41) is 13.4. The van der Waals surface area contributed by atoms with Crippen molar-refractivity contribution in [1.82, 2.24) is 0 Å². The molecule has 1 aromatic rings. The highest BCUT2D eigenvalue weighted by Gasteiger charge is 2.55.